The molecule has 112 valence electrons. The number of likely N-dealkylation sites (N-methyl/N-ethyl adjacent to an activating group) is 1. The molecule has 1 fully saturated rings. The van der Waals surface area contributed by atoms with Gasteiger partial charge in [0.15, 0.2) is 6.10 Å². The van der Waals surface area contributed by atoms with Gasteiger partial charge in [-0.1, -0.05) is 0 Å². The highest BCUT2D eigenvalue weighted by atomic mass is 16.6. The number of carbonyl (C=O) groups is 4. The fourth-order valence-corrected chi connectivity index (χ4v) is 1.42. The highest BCUT2D eigenvalue weighted by molar-refractivity contribution is 6.05. The minimum absolute atomic E-state index is 0.194. The normalized spacial score (nSPS) is 18.5. The van der Waals surface area contributed by atoms with Crippen molar-refractivity contribution in [1.82, 2.24) is 10.2 Å². The van der Waals surface area contributed by atoms with E-state index in [1.165, 1.54) is 7.05 Å². The van der Waals surface area contributed by atoms with Crippen LogP contribution in [0.5, 0.6) is 0 Å². The van der Waals surface area contributed by atoms with E-state index in [0.29, 0.717) is 0 Å². The molecule has 8 nitrogen and oxygen atoms in total. The fourth-order valence-electron chi connectivity index (χ4n) is 1.42. The molecule has 1 rings (SSSR count). The average molecular weight is 286 g/mol. The van der Waals surface area contributed by atoms with Gasteiger partial charge in [-0.3, -0.25) is 19.7 Å². The monoisotopic (exact) mass is 286 g/mol. The topological polar surface area (TPSA) is 102 Å². The second kappa shape index (κ2) is 5.89. The Morgan fingerprint density at radius 2 is 1.95 bits per heavy atom. The van der Waals surface area contributed by atoms with Crippen LogP contribution in [0.4, 0.5) is 4.79 Å². The molecule has 0 radical (unpaired) electrons. The van der Waals surface area contributed by atoms with Gasteiger partial charge < -0.3 is 14.4 Å². The quantitative estimate of drug-likeness (QED) is 0.570. The van der Waals surface area contributed by atoms with Crippen molar-refractivity contribution >= 4 is 23.9 Å². The Balaban J connectivity index is 2.44. The number of ether oxygens (including phenoxy) is 2. The van der Waals surface area contributed by atoms with Gasteiger partial charge in [0.1, 0.15) is 12.1 Å². The van der Waals surface area contributed by atoms with Crippen molar-refractivity contribution in [3.63, 3.8) is 0 Å². The van der Waals surface area contributed by atoms with Gasteiger partial charge in [0.25, 0.3) is 5.91 Å². The van der Waals surface area contributed by atoms with Crippen LogP contribution in [0, 0.1) is 0 Å². The van der Waals surface area contributed by atoms with E-state index in [9.17, 15) is 19.2 Å². The third-order valence-electron chi connectivity index (χ3n) is 2.27. The Morgan fingerprint density at radius 1 is 1.35 bits per heavy atom. The SMILES string of the molecule is CN(CC(=O)O[C@H]1CC(=O)NC1=O)C(=O)OC(C)(C)C. The molecular weight excluding hydrogens is 268 g/mol. The molecule has 0 aromatic rings. The van der Waals surface area contributed by atoms with E-state index in [2.05, 4.69) is 0 Å². The molecule has 1 saturated heterocycles. The van der Waals surface area contributed by atoms with E-state index >= 15 is 0 Å². The maximum atomic E-state index is 11.6. The van der Waals surface area contributed by atoms with Gasteiger partial charge >= 0.3 is 12.1 Å². The zero-order valence-corrected chi connectivity index (χ0v) is 11.9. The predicted molar refractivity (Wildman–Crippen MR) is 66.5 cm³/mol. The summed E-state index contributed by atoms with van der Waals surface area (Å²) in [5.41, 5.74) is -0.674. The molecule has 0 aliphatic carbocycles. The second-order valence-electron chi connectivity index (χ2n) is 5.43. The molecule has 0 saturated carbocycles. The molecule has 0 spiro atoms. The van der Waals surface area contributed by atoms with E-state index < -0.39 is 35.6 Å². The van der Waals surface area contributed by atoms with Gasteiger partial charge in [-0.25, -0.2) is 4.79 Å². The summed E-state index contributed by atoms with van der Waals surface area (Å²) in [5, 5.41) is 2.02. The molecular formula is C12H18N2O6. The standard InChI is InChI=1S/C12H18N2O6/c1-12(2,3)20-11(18)14(4)6-9(16)19-7-5-8(15)13-10(7)17/h7H,5-6H2,1-4H3,(H,13,15,17)/t7-/m0/s1. The molecule has 20 heavy (non-hydrogen) atoms. The van der Waals surface area contributed by atoms with Gasteiger partial charge in [0.05, 0.1) is 6.42 Å². The van der Waals surface area contributed by atoms with E-state index in [1.54, 1.807) is 20.8 Å². The van der Waals surface area contributed by atoms with Crippen molar-refractivity contribution in [2.75, 3.05) is 13.6 Å². The Bertz CT molecular complexity index is 440. The Kier molecular flexibility index (Phi) is 4.69. The number of amides is 3. The molecule has 1 aliphatic heterocycles. The largest absolute Gasteiger partial charge is 0.450 e. The van der Waals surface area contributed by atoms with Crippen molar-refractivity contribution in [1.29, 1.82) is 0 Å². The summed E-state index contributed by atoms with van der Waals surface area (Å²) in [7, 11) is 1.37. The van der Waals surface area contributed by atoms with Gasteiger partial charge in [-0.05, 0) is 20.8 Å². The van der Waals surface area contributed by atoms with Crippen molar-refractivity contribution in [3.8, 4) is 0 Å². The molecule has 0 bridgehead atoms. The van der Waals surface area contributed by atoms with Gasteiger partial charge in [-0.15, -0.1) is 0 Å². The predicted octanol–water partition coefficient (Wildman–Crippen LogP) is -0.188. The number of hydrogen-bond acceptors (Lipinski definition) is 6. The van der Waals surface area contributed by atoms with Gasteiger partial charge in [0, 0.05) is 7.05 Å². The first-order valence-electron chi connectivity index (χ1n) is 6.06. The summed E-state index contributed by atoms with van der Waals surface area (Å²) in [6.07, 6.45) is -2.00. The zero-order chi connectivity index (χ0) is 15.5. The van der Waals surface area contributed by atoms with E-state index in [-0.39, 0.29) is 13.0 Å². The molecule has 0 aromatic carbocycles. The summed E-state index contributed by atoms with van der Waals surface area (Å²) < 4.78 is 9.88. The second-order valence-corrected chi connectivity index (χ2v) is 5.43. The summed E-state index contributed by atoms with van der Waals surface area (Å²) in [6.45, 7) is 4.73. The zero-order valence-electron chi connectivity index (χ0n) is 11.9. The highest BCUT2D eigenvalue weighted by Crippen LogP contribution is 2.10. The van der Waals surface area contributed by atoms with Crippen molar-refractivity contribution < 1.29 is 28.7 Å². The lowest BCUT2D eigenvalue weighted by Gasteiger charge is -2.24. The lowest BCUT2D eigenvalue weighted by Crippen LogP contribution is -2.39. The van der Waals surface area contributed by atoms with Crippen LogP contribution >= 0.6 is 0 Å². The number of hydrogen-bond donors (Lipinski definition) is 1. The number of nitrogens with zero attached hydrogens (tertiary/aromatic N) is 1. The van der Waals surface area contributed by atoms with Crippen LogP contribution in [0.25, 0.3) is 0 Å². The molecule has 1 heterocycles. The molecule has 0 unspecified atom stereocenters. The lowest BCUT2D eigenvalue weighted by molar-refractivity contribution is -0.154. The summed E-state index contributed by atoms with van der Waals surface area (Å²) in [6, 6.07) is 0. The number of rotatable bonds is 3. The first-order valence-corrected chi connectivity index (χ1v) is 6.06. The molecule has 0 aromatic heterocycles. The smallest absolute Gasteiger partial charge is 0.410 e. The first-order chi connectivity index (χ1) is 9.08. The van der Waals surface area contributed by atoms with E-state index in [1.807, 2.05) is 5.32 Å². The van der Waals surface area contributed by atoms with Gasteiger partial charge in [0.2, 0.25) is 5.91 Å². The minimum Gasteiger partial charge on any atom is -0.450 e. The third-order valence-corrected chi connectivity index (χ3v) is 2.27. The van der Waals surface area contributed by atoms with Crippen molar-refractivity contribution in [3.05, 3.63) is 0 Å². The van der Waals surface area contributed by atoms with Crippen LogP contribution in [0.3, 0.4) is 0 Å². The first kappa shape index (κ1) is 15.9. The molecule has 8 heteroatoms. The minimum atomic E-state index is -1.12. The fraction of sp³-hybridized carbons (Fsp3) is 0.667. The maximum Gasteiger partial charge on any atom is 0.410 e. The summed E-state index contributed by atoms with van der Waals surface area (Å²) in [4.78, 5) is 46.3. The summed E-state index contributed by atoms with van der Waals surface area (Å²) in [5.74, 6) is -1.93. The molecule has 3 amide bonds. The Labute approximate surface area is 116 Å². The number of esters is 1. The van der Waals surface area contributed by atoms with Crippen molar-refractivity contribution in [2.45, 2.75) is 38.9 Å². The van der Waals surface area contributed by atoms with Crippen LogP contribution in [0.1, 0.15) is 27.2 Å². The maximum absolute atomic E-state index is 11.6. The van der Waals surface area contributed by atoms with Crippen LogP contribution in [0.15, 0.2) is 0 Å². The summed E-state index contributed by atoms with van der Waals surface area (Å²) >= 11 is 0. The molecule has 1 N–H and O–H groups in total. The Morgan fingerprint density at radius 3 is 2.40 bits per heavy atom. The van der Waals surface area contributed by atoms with E-state index in [0.717, 1.165) is 4.90 Å². The van der Waals surface area contributed by atoms with Crippen molar-refractivity contribution in [2.24, 2.45) is 0 Å². The Hall–Kier alpha value is -2.12. The average Bonchev–Trinajstić information content (AvgIpc) is 2.54. The van der Waals surface area contributed by atoms with Crippen LogP contribution in [0.2, 0.25) is 0 Å². The number of imide groups is 1. The number of nitrogens with one attached hydrogen (secondary N) is 1. The molecule has 1 atom stereocenters. The van der Waals surface area contributed by atoms with Gasteiger partial charge in [-0.2, -0.15) is 0 Å². The van der Waals surface area contributed by atoms with E-state index in [4.69, 9.17) is 9.47 Å². The number of carbonyl (C=O) groups excluding carboxylic acids is 4. The van der Waals surface area contributed by atoms with Crippen LogP contribution in [-0.2, 0) is 23.9 Å². The lowest BCUT2D eigenvalue weighted by atomic mass is 10.2. The molecule has 1 aliphatic rings. The van der Waals surface area contributed by atoms with Crippen LogP contribution < -0.4 is 5.32 Å². The van der Waals surface area contributed by atoms with Crippen LogP contribution in [-0.4, -0.2) is 54.1 Å². The highest BCUT2D eigenvalue weighted by Gasteiger charge is 2.34. The third kappa shape index (κ3) is 4.87.